The van der Waals surface area contributed by atoms with Crippen molar-refractivity contribution in [1.29, 1.82) is 0 Å². The predicted octanol–water partition coefficient (Wildman–Crippen LogP) is 5.18. The number of carbonyl (C=O) groups is 1. The van der Waals surface area contributed by atoms with Crippen LogP contribution in [0.25, 0.3) is 11.4 Å². The number of amides is 1. The molecule has 0 saturated heterocycles. The summed E-state index contributed by atoms with van der Waals surface area (Å²) in [6.07, 6.45) is 0. The van der Waals surface area contributed by atoms with E-state index in [1.165, 1.54) is 5.56 Å². The number of nitrogens with one attached hydrogen (secondary N) is 1. The minimum Gasteiger partial charge on any atom is -0.341 e. The molecule has 0 bridgehead atoms. The van der Waals surface area contributed by atoms with Crippen molar-refractivity contribution in [3.63, 3.8) is 0 Å². The predicted molar refractivity (Wildman–Crippen MR) is 106 cm³/mol. The van der Waals surface area contributed by atoms with Gasteiger partial charge in [-0.15, -0.1) is 0 Å². The molecule has 6 heteroatoms. The molecule has 5 nitrogen and oxygen atoms in total. The van der Waals surface area contributed by atoms with Crippen LogP contribution in [0.1, 0.15) is 55.5 Å². The zero-order valence-corrected chi connectivity index (χ0v) is 16.5. The summed E-state index contributed by atoms with van der Waals surface area (Å²) in [5, 5.41) is 7.50. The van der Waals surface area contributed by atoms with Crippen molar-refractivity contribution in [1.82, 2.24) is 15.5 Å². The van der Waals surface area contributed by atoms with Crippen molar-refractivity contribution in [2.45, 2.75) is 39.2 Å². The first-order valence-electron chi connectivity index (χ1n) is 8.75. The Morgan fingerprint density at radius 3 is 2.30 bits per heavy atom. The fraction of sp³-hybridized carbons (Fsp3) is 0.286. The average Bonchev–Trinajstić information content (AvgIpc) is 3.12. The summed E-state index contributed by atoms with van der Waals surface area (Å²) in [6, 6.07) is 14.4. The standard InChI is InChI=1S/C21H22ClN3O2/c1-13(20-24-18(25-27-20)14-7-11-17(22)12-8-14)23-19(26)15-5-9-16(10-6-15)21(2,3)4/h5-13H,1-4H3,(H,23,26)/t13-/m0/s1. The van der Waals surface area contributed by atoms with E-state index >= 15 is 0 Å². The van der Waals surface area contributed by atoms with Crippen molar-refractivity contribution in [3.05, 3.63) is 70.6 Å². The van der Waals surface area contributed by atoms with E-state index in [-0.39, 0.29) is 11.3 Å². The lowest BCUT2D eigenvalue weighted by Gasteiger charge is -2.19. The highest BCUT2D eigenvalue weighted by molar-refractivity contribution is 6.30. The number of carbonyl (C=O) groups excluding carboxylic acids is 1. The van der Waals surface area contributed by atoms with Gasteiger partial charge in [0.15, 0.2) is 0 Å². The Bertz CT molecular complexity index is 925. The molecule has 1 heterocycles. The molecule has 3 rings (SSSR count). The van der Waals surface area contributed by atoms with Gasteiger partial charge in [-0.05, 0) is 54.3 Å². The van der Waals surface area contributed by atoms with E-state index < -0.39 is 6.04 Å². The maximum atomic E-state index is 12.5. The Morgan fingerprint density at radius 2 is 1.70 bits per heavy atom. The van der Waals surface area contributed by atoms with Gasteiger partial charge in [-0.25, -0.2) is 0 Å². The molecule has 0 unspecified atom stereocenters. The topological polar surface area (TPSA) is 68.0 Å². The normalized spacial score (nSPS) is 12.6. The van der Waals surface area contributed by atoms with Crippen LogP contribution in [0.5, 0.6) is 0 Å². The van der Waals surface area contributed by atoms with Gasteiger partial charge >= 0.3 is 0 Å². The molecule has 27 heavy (non-hydrogen) atoms. The molecule has 0 spiro atoms. The highest BCUT2D eigenvalue weighted by Gasteiger charge is 2.19. The van der Waals surface area contributed by atoms with Gasteiger partial charge in [-0.3, -0.25) is 4.79 Å². The van der Waals surface area contributed by atoms with Crippen LogP contribution in [0.15, 0.2) is 53.1 Å². The highest BCUT2D eigenvalue weighted by Crippen LogP contribution is 2.23. The van der Waals surface area contributed by atoms with Gasteiger partial charge in [-0.2, -0.15) is 4.98 Å². The number of nitrogens with zero attached hydrogens (tertiary/aromatic N) is 2. The quantitative estimate of drug-likeness (QED) is 0.674. The van der Waals surface area contributed by atoms with Crippen LogP contribution < -0.4 is 5.32 Å². The number of halogens is 1. The number of benzene rings is 2. The summed E-state index contributed by atoms with van der Waals surface area (Å²) >= 11 is 5.89. The number of hydrogen-bond donors (Lipinski definition) is 1. The van der Waals surface area contributed by atoms with Gasteiger partial charge in [-0.1, -0.05) is 49.7 Å². The second-order valence-corrected chi connectivity index (χ2v) is 7.92. The number of aromatic nitrogens is 2. The zero-order chi connectivity index (χ0) is 19.6. The molecular formula is C21H22ClN3O2. The molecule has 1 aromatic heterocycles. The molecule has 3 aromatic rings. The molecule has 0 aliphatic rings. The lowest BCUT2D eigenvalue weighted by atomic mass is 9.86. The van der Waals surface area contributed by atoms with Gasteiger partial charge in [0.2, 0.25) is 11.7 Å². The smallest absolute Gasteiger partial charge is 0.251 e. The van der Waals surface area contributed by atoms with Crippen molar-refractivity contribution in [2.24, 2.45) is 0 Å². The summed E-state index contributed by atoms with van der Waals surface area (Å²) in [6.45, 7) is 8.22. The second kappa shape index (κ2) is 7.53. The van der Waals surface area contributed by atoms with Gasteiger partial charge in [0, 0.05) is 16.1 Å². The summed E-state index contributed by atoms with van der Waals surface area (Å²) < 4.78 is 5.30. The van der Waals surface area contributed by atoms with E-state index in [0.717, 1.165) is 5.56 Å². The van der Waals surface area contributed by atoms with Crippen LogP contribution in [0.3, 0.4) is 0 Å². The third-order valence-corrected chi connectivity index (χ3v) is 4.53. The molecule has 140 valence electrons. The van der Waals surface area contributed by atoms with Crippen molar-refractivity contribution >= 4 is 17.5 Å². The molecule has 1 N–H and O–H groups in total. The number of rotatable bonds is 4. The molecule has 1 atom stereocenters. The Kier molecular flexibility index (Phi) is 5.33. The van der Waals surface area contributed by atoms with Crippen molar-refractivity contribution in [3.8, 4) is 11.4 Å². The van der Waals surface area contributed by atoms with Crippen LogP contribution in [0.2, 0.25) is 5.02 Å². The van der Waals surface area contributed by atoms with E-state index in [1.54, 1.807) is 19.1 Å². The fourth-order valence-electron chi connectivity index (χ4n) is 2.59. The monoisotopic (exact) mass is 383 g/mol. The van der Waals surface area contributed by atoms with Crippen molar-refractivity contribution < 1.29 is 9.32 Å². The van der Waals surface area contributed by atoms with Gasteiger partial charge in [0.1, 0.15) is 6.04 Å². The number of hydrogen-bond acceptors (Lipinski definition) is 4. The van der Waals surface area contributed by atoms with Gasteiger partial charge in [0.25, 0.3) is 5.91 Å². The SMILES string of the molecule is C[C@H](NC(=O)c1ccc(C(C)(C)C)cc1)c1nc(-c2ccc(Cl)cc2)no1. The molecule has 2 aromatic carbocycles. The lowest BCUT2D eigenvalue weighted by molar-refractivity contribution is 0.0932. The molecule has 0 fully saturated rings. The lowest BCUT2D eigenvalue weighted by Crippen LogP contribution is -2.27. The largest absolute Gasteiger partial charge is 0.341 e. The van der Waals surface area contributed by atoms with Crippen molar-refractivity contribution in [2.75, 3.05) is 0 Å². The Balaban J connectivity index is 1.69. The summed E-state index contributed by atoms with van der Waals surface area (Å²) in [4.78, 5) is 16.9. The van der Waals surface area contributed by atoms with Gasteiger partial charge in [0.05, 0.1) is 0 Å². The van der Waals surface area contributed by atoms with Gasteiger partial charge < -0.3 is 9.84 Å². The molecular weight excluding hydrogens is 362 g/mol. The van der Waals surface area contributed by atoms with Crippen LogP contribution >= 0.6 is 11.6 Å². The first kappa shape index (κ1) is 19.1. The van der Waals surface area contributed by atoms with Crippen LogP contribution in [-0.4, -0.2) is 16.0 Å². The third kappa shape index (κ3) is 4.55. The second-order valence-electron chi connectivity index (χ2n) is 7.49. The van der Waals surface area contributed by atoms with E-state index in [1.807, 2.05) is 36.4 Å². The average molecular weight is 384 g/mol. The first-order chi connectivity index (χ1) is 12.7. The maximum absolute atomic E-state index is 12.5. The first-order valence-corrected chi connectivity index (χ1v) is 9.13. The van der Waals surface area contributed by atoms with Crippen LogP contribution in [-0.2, 0) is 5.41 Å². The van der Waals surface area contributed by atoms with E-state index in [0.29, 0.717) is 22.3 Å². The molecule has 0 aliphatic carbocycles. The third-order valence-electron chi connectivity index (χ3n) is 4.28. The molecule has 0 radical (unpaired) electrons. The summed E-state index contributed by atoms with van der Waals surface area (Å²) in [5.41, 5.74) is 2.61. The highest BCUT2D eigenvalue weighted by atomic mass is 35.5. The Hall–Kier alpha value is -2.66. The van der Waals surface area contributed by atoms with Crippen LogP contribution in [0.4, 0.5) is 0 Å². The Morgan fingerprint density at radius 1 is 1.07 bits per heavy atom. The zero-order valence-electron chi connectivity index (χ0n) is 15.8. The van der Waals surface area contributed by atoms with E-state index in [9.17, 15) is 4.79 Å². The molecule has 1 amide bonds. The van der Waals surface area contributed by atoms with E-state index in [2.05, 4.69) is 36.2 Å². The summed E-state index contributed by atoms with van der Waals surface area (Å²) in [7, 11) is 0. The van der Waals surface area contributed by atoms with Crippen LogP contribution in [0, 0.1) is 0 Å². The minimum atomic E-state index is -0.409. The van der Waals surface area contributed by atoms with E-state index in [4.69, 9.17) is 16.1 Å². The fourth-order valence-corrected chi connectivity index (χ4v) is 2.72. The molecule has 0 aliphatic heterocycles. The summed E-state index contributed by atoms with van der Waals surface area (Å²) in [5.74, 6) is 0.617. The molecule has 0 saturated carbocycles. The minimum absolute atomic E-state index is 0.0458. The maximum Gasteiger partial charge on any atom is 0.251 e. The Labute approximate surface area is 163 Å².